The van der Waals surface area contributed by atoms with Crippen molar-refractivity contribution in [3.05, 3.63) is 53.6 Å². The number of carbonyl (C=O) groups is 1. The maximum absolute atomic E-state index is 12.9. The van der Waals surface area contributed by atoms with Crippen LogP contribution in [-0.2, 0) is 25.0 Å². The van der Waals surface area contributed by atoms with Crippen LogP contribution in [0, 0.1) is 13.8 Å². The third kappa shape index (κ3) is 7.22. The van der Waals surface area contributed by atoms with Crippen molar-refractivity contribution in [1.82, 2.24) is 13.9 Å². The molecule has 1 heterocycles. The number of hydrogen-bond acceptors (Lipinski definition) is 6. The minimum absolute atomic E-state index is 0.133. The highest BCUT2D eigenvalue weighted by Crippen LogP contribution is 2.25. The van der Waals surface area contributed by atoms with Crippen LogP contribution >= 0.6 is 0 Å². The van der Waals surface area contributed by atoms with Crippen molar-refractivity contribution in [2.45, 2.75) is 38.0 Å². The molecular weight excluding hydrogens is 516 g/mol. The summed E-state index contributed by atoms with van der Waals surface area (Å²) in [5, 5.41) is 2.69. The molecule has 2 aromatic carbocycles. The van der Waals surface area contributed by atoms with Crippen molar-refractivity contribution in [2.24, 2.45) is 0 Å². The van der Waals surface area contributed by atoms with Gasteiger partial charge in [-0.1, -0.05) is 18.6 Å². The van der Waals surface area contributed by atoms with Gasteiger partial charge in [0, 0.05) is 27.2 Å². The number of nitrogens with one attached hydrogen (secondary N) is 1. The fourth-order valence-corrected chi connectivity index (χ4v) is 6.62. The van der Waals surface area contributed by atoms with E-state index in [1.54, 1.807) is 25.1 Å². The fraction of sp³-hybridized carbons (Fsp3) is 0.480. The summed E-state index contributed by atoms with van der Waals surface area (Å²) >= 11 is 0. The minimum atomic E-state index is -3.90. The highest BCUT2D eigenvalue weighted by atomic mass is 32.2. The number of amides is 1. The van der Waals surface area contributed by atoms with Gasteiger partial charge in [0.25, 0.3) is 0 Å². The maximum atomic E-state index is 12.9. The first kappa shape index (κ1) is 28.9. The number of carbonyl (C=O) groups excluding carboxylic acids is 1. The molecule has 1 fully saturated rings. The summed E-state index contributed by atoms with van der Waals surface area (Å²) in [4.78, 5) is 12.9. The molecule has 1 saturated heterocycles. The lowest BCUT2D eigenvalue weighted by atomic mass is 10.1. The molecule has 0 unspecified atom stereocenters. The van der Waals surface area contributed by atoms with E-state index in [-0.39, 0.29) is 24.6 Å². The summed E-state index contributed by atoms with van der Waals surface area (Å²) in [6.45, 7) is 4.63. The summed E-state index contributed by atoms with van der Waals surface area (Å²) in [5.74, 6) is -0.00283. The van der Waals surface area contributed by atoms with E-state index < -0.39 is 26.1 Å². The van der Waals surface area contributed by atoms with Crippen molar-refractivity contribution in [3.8, 4) is 5.75 Å². The highest BCUT2D eigenvalue weighted by molar-refractivity contribution is 7.90. The van der Waals surface area contributed by atoms with Crippen LogP contribution in [0.2, 0.25) is 0 Å². The first-order chi connectivity index (χ1) is 17.4. The third-order valence-electron chi connectivity index (χ3n) is 6.13. The smallest absolute Gasteiger partial charge is 0.304 e. The van der Waals surface area contributed by atoms with Gasteiger partial charge in [-0.3, -0.25) is 4.79 Å². The summed E-state index contributed by atoms with van der Waals surface area (Å²) < 4.78 is 60.7. The quantitative estimate of drug-likeness (QED) is 0.428. The molecule has 12 heteroatoms. The standard InChI is InChI=1S/C25H36N4O6S2/c1-20-8-9-21(2)24(18-20)29(37(33,34)27(3)4)19-25(30)26-14-17-35-22-10-12-23(13-11-22)36(31,32)28-15-6-5-7-16-28/h8-13,18H,5-7,14-17,19H2,1-4H3,(H,26,30). The zero-order chi connectivity index (χ0) is 27.2. The fourth-order valence-electron chi connectivity index (χ4n) is 3.98. The van der Waals surface area contributed by atoms with Crippen LogP contribution in [0.3, 0.4) is 0 Å². The lowest BCUT2D eigenvalue weighted by Crippen LogP contribution is -2.46. The van der Waals surface area contributed by atoms with Crippen LogP contribution in [0.5, 0.6) is 5.75 Å². The van der Waals surface area contributed by atoms with Gasteiger partial charge < -0.3 is 10.1 Å². The average molecular weight is 553 g/mol. The van der Waals surface area contributed by atoms with Crippen molar-refractivity contribution in [3.63, 3.8) is 0 Å². The maximum Gasteiger partial charge on any atom is 0.304 e. The molecule has 37 heavy (non-hydrogen) atoms. The number of aryl methyl sites for hydroxylation is 2. The molecule has 3 rings (SSSR count). The molecule has 0 spiro atoms. The highest BCUT2D eigenvalue weighted by Gasteiger charge is 2.28. The second kappa shape index (κ2) is 12.2. The van der Waals surface area contributed by atoms with Gasteiger partial charge in [0.1, 0.15) is 18.9 Å². The second-order valence-corrected chi connectivity index (χ2v) is 13.2. The molecule has 1 aliphatic heterocycles. The van der Waals surface area contributed by atoms with Crippen LogP contribution in [0.15, 0.2) is 47.4 Å². The Labute approximate surface area is 220 Å². The molecule has 1 aliphatic rings. The van der Waals surface area contributed by atoms with E-state index in [0.29, 0.717) is 24.5 Å². The van der Waals surface area contributed by atoms with E-state index in [1.165, 1.54) is 30.5 Å². The lowest BCUT2D eigenvalue weighted by molar-refractivity contribution is -0.119. The van der Waals surface area contributed by atoms with Gasteiger partial charge in [-0.25, -0.2) is 12.7 Å². The van der Waals surface area contributed by atoms with E-state index in [4.69, 9.17) is 4.74 Å². The first-order valence-electron chi connectivity index (χ1n) is 12.2. The summed E-state index contributed by atoms with van der Waals surface area (Å²) in [6, 6.07) is 11.7. The summed E-state index contributed by atoms with van der Waals surface area (Å²) in [7, 11) is -4.57. The molecule has 0 atom stereocenters. The van der Waals surface area contributed by atoms with Crippen LogP contribution < -0.4 is 14.4 Å². The van der Waals surface area contributed by atoms with E-state index in [2.05, 4.69) is 5.32 Å². The molecule has 0 saturated carbocycles. The van der Waals surface area contributed by atoms with Gasteiger partial charge in [0.05, 0.1) is 17.1 Å². The zero-order valence-electron chi connectivity index (χ0n) is 21.8. The Morgan fingerprint density at radius 3 is 2.24 bits per heavy atom. The molecule has 0 bridgehead atoms. The van der Waals surface area contributed by atoms with Gasteiger partial charge >= 0.3 is 10.2 Å². The van der Waals surface area contributed by atoms with Gasteiger partial charge in [-0.15, -0.1) is 0 Å². The number of anilines is 1. The SMILES string of the molecule is Cc1ccc(C)c(N(CC(=O)NCCOc2ccc(S(=O)(=O)N3CCCCC3)cc2)S(=O)(=O)N(C)C)c1. The Balaban J connectivity index is 1.56. The minimum Gasteiger partial charge on any atom is -0.492 e. The topological polar surface area (TPSA) is 116 Å². The van der Waals surface area contributed by atoms with Crippen LogP contribution in [0.25, 0.3) is 0 Å². The van der Waals surface area contributed by atoms with E-state index in [1.807, 2.05) is 19.1 Å². The zero-order valence-corrected chi connectivity index (χ0v) is 23.4. The van der Waals surface area contributed by atoms with Gasteiger partial charge in [-0.2, -0.15) is 17.0 Å². The monoisotopic (exact) mass is 552 g/mol. The number of piperidine rings is 1. The number of nitrogens with zero attached hydrogens (tertiary/aromatic N) is 3. The van der Waals surface area contributed by atoms with Gasteiger partial charge in [0.2, 0.25) is 15.9 Å². The summed E-state index contributed by atoms with van der Waals surface area (Å²) in [5.41, 5.74) is 2.06. The van der Waals surface area contributed by atoms with Crippen molar-refractivity contribution < 1.29 is 26.4 Å². The van der Waals surface area contributed by atoms with Crippen molar-refractivity contribution >= 4 is 31.8 Å². The third-order valence-corrected chi connectivity index (χ3v) is 9.85. The van der Waals surface area contributed by atoms with Crippen molar-refractivity contribution in [2.75, 3.05) is 51.2 Å². The Kier molecular flexibility index (Phi) is 9.57. The van der Waals surface area contributed by atoms with Crippen molar-refractivity contribution in [1.29, 1.82) is 0 Å². The average Bonchev–Trinajstić information content (AvgIpc) is 2.87. The molecule has 0 aliphatic carbocycles. The second-order valence-electron chi connectivity index (χ2n) is 9.22. The van der Waals surface area contributed by atoms with Gasteiger partial charge in [-0.05, 0) is 68.1 Å². The Morgan fingerprint density at radius 1 is 0.973 bits per heavy atom. The molecule has 1 amide bonds. The molecule has 2 aromatic rings. The number of rotatable bonds is 11. The predicted molar refractivity (Wildman–Crippen MR) is 143 cm³/mol. The number of benzene rings is 2. The summed E-state index contributed by atoms with van der Waals surface area (Å²) in [6.07, 6.45) is 2.79. The predicted octanol–water partition coefficient (Wildman–Crippen LogP) is 2.29. The van der Waals surface area contributed by atoms with Crippen LogP contribution in [0.4, 0.5) is 5.69 Å². The number of hydrogen-bond donors (Lipinski definition) is 1. The van der Waals surface area contributed by atoms with E-state index in [0.717, 1.165) is 39.0 Å². The Hall–Kier alpha value is -2.67. The molecule has 10 nitrogen and oxygen atoms in total. The Bertz CT molecular complexity index is 1290. The van der Waals surface area contributed by atoms with Crippen LogP contribution in [0.1, 0.15) is 30.4 Å². The largest absolute Gasteiger partial charge is 0.492 e. The van der Waals surface area contributed by atoms with Crippen LogP contribution in [-0.4, -0.2) is 78.2 Å². The van der Waals surface area contributed by atoms with Gasteiger partial charge in [0.15, 0.2) is 0 Å². The van der Waals surface area contributed by atoms with E-state index >= 15 is 0 Å². The number of sulfonamides is 1. The molecule has 0 radical (unpaired) electrons. The lowest BCUT2D eigenvalue weighted by Gasteiger charge is -2.28. The first-order valence-corrected chi connectivity index (χ1v) is 15.0. The number of ether oxygens (including phenoxy) is 1. The molecule has 1 N–H and O–H groups in total. The molecular formula is C25H36N4O6S2. The Morgan fingerprint density at radius 2 is 1.62 bits per heavy atom. The van der Waals surface area contributed by atoms with E-state index in [9.17, 15) is 21.6 Å². The molecule has 0 aromatic heterocycles. The normalized spacial score (nSPS) is 14.9. The molecule has 204 valence electrons.